The molecule has 0 aromatic heterocycles. The summed E-state index contributed by atoms with van der Waals surface area (Å²) < 4.78 is 0. The van der Waals surface area contributed by atoms with Gasteiger partial charge in [-0.05, 0) is 39.0 Å². The summed E-state index contributed by atoms with van der Waals surface area (Å²) in [7, 11) is 0. The largest absolute Gasteiger partial charge is 0.481 e. The predicted octanol–water partition coefficient (Wildman–Crippen LogP) is 2.12. The Morgan fingerprint density at radius 3 is 2.61 bits per heavy atom. The average molecular weight is 256 g/mol. The number of carboxylic acids is 1. The molecule has 1 aliphatic carbocycles. The molecule has 18 heavy (non-hydrogen) atoms. The van der Waals surface area contributed by atoms with E-state index in [1.54, 1.807) is 0 Å². The fourth-order valence-electron chi connectivity index (χ4n) is 2.11. The van der Waals surface area contributed by atoms with Crippen LogP contribution in [0.1, 0.15) is 52.9 Å². The van der Waals surface area contributed by atoms with Gasteiger partial charge in [-0.25, -0.2) is 4.79 Å². The number of carboxylic acid groups (broad SMARTS) is 1. The van der Waals surface area contributed by atoms with Gasteiger partial charge in [0.2, 0.25) is 0 Å². The van der Waals surface area contributed by atoms with Crippen LogP contribution < -0.4 is 10.6 Å². The minimum absolute atomic E-state index is 0.0647. The Kier molecular flexibility index (Phi) is 4.99. The highest BCUT2D eigenvalue weighted by molar-refractivity contribution is 5.75. The lowest BCUT2D eigenvalue weighted by atomic mass is 9.99. The van der Waals surface area contributed by atoms with Crippen molar-refractivity contribution >= 4 is 12.0 Å². The number of rotatable bonds is 7. The van der Waals surface area contributed by atoms with Crippen molar-refractivity contribution < 1.29 is 14.7 Å². The number of urea groups is 1. The van der Waals surface area contributed by atoms with Gasteiger partial charge in [0.05, 0.1) is 0 Å². The molecule has 1 rings (SSSR count). The summed E-state index contributed by atoms with van der Waals surface area (Å²) in [5.74, 6) is -0.210. The van der Waals surface area contributed by atoms with E-state index in [0.717, 1.165) is 19.3 Å². The third-order valence-electron chi connectivity index (χ3n) is 3.31. The molecule has 2 unspecified atom stereocenters. The van der Waals surface area contributed by atoms with Gasteiger partial charge in [0.15, 0.2) is 0 Å². The quantitative estimate of drug-likeness (QED) is 0.653. The summed E-state index contributed by atoms with van der Waals surface area (Å²) in [6, 6.07) is 0.120. The lowest BCUT2D eigenvalue weighted by Crippen LogP contribution is -2.49. The number of carbonyl (C=O) groups is 2. The Hall–Kier alpha value is -1.26. The minimum Gasteiger partial charge on any atom is -0.481 e. The van der Waals surface area contributed by atoms with Crippen LogP contribution in [0.2, 0.25) is 0 Å². The SMILES string of the molecule is CCCC1CC1NC(=O)NC(C)(C)CCC(=O)O. The van der Waals surface area contributed by atoms with Gasteiger partial charge in [-0.2, -0.15) is 0 Å². The van der Waals surface area contributed by atoms with Gasteiger partial charge in [-0.15, -0.1) is 0 Å². The Bertz CT molecular complexity index is 315. The zero-order valence-electron chi connectivity index (χ0n) is 11.5. The molecule has 3 N–H and O–H groups in total. The first kappa shape index (κ1) is 14.8. The standard InChI is InChI=1S/C13H24N2O3/c1-4-5-9-8-10(9)14-12(18)15-13(2,3)7-6-11(16)17/h9-10H,4-8H2,1-3H3,(H,16,17)(H2,14,15,18). The van der Waals surface area contributed by atoms with E-state index in [0.29, 0.717) is 18.4 Å². The predicted molar refractivity (Wildman–Crippen MR) is 69.4 cm³/mol. The molecule has 0 spiro atoms. The number of hydrogen-bond acceptors (Lipinski definition) is 2. The van der Waals surface area contributed by atoms with Crippen LogP contribution in [0.4, 0.5) is 4.79 Å². The molecular formula is C13H24N2O3. The number of carbonyl (C=O) groups excluding carboxylic acids is 1. The fraction of sp³-hybridized carbons (Fsp3) is 0.846. The normalized spacial score (nSPS) is 22.4. The molecule has 2 atom stereocenters. The van der Waals surface area contributed by atoms with Crippen molar-refractivity contribution in [3.63, 3.8) is 0 Å². The Labute approximate surface area is 108 Å². The summed E-state index contributed by atoms with van der Waals surface area (Å²) >= 11 is 0. The van der Waals surface area contributed by atoms with Crippen LogP contribution >= 0.6 is 0 Å². The van der Waals surface area contributed by atoms with Crippen molar-refractivity contribution in [2.75, 3.05) is 0 Å². The summed E-state index contributed by atoms with van der Waals surface area (Å²) in [6.07, 6.45) is 3.87. The van der Waals surface area contributed by atoms with Gasteiger partial charge in [-0.3, -0.25) is 4.79 Å². The topological polar surface area (TPSA) is 78.4 Å². The van der Waals surface area contributed by atoms with Gasteiger partial charge in [0, 0.05) is 18.0 Å². The van der Waals surface area contributed by atoms with Crippen molar-refractivity contribution in [1.82, 2.24) is 10.6 Å². The lowest BCUT2D eigenvalue weighted by Gasteiger charge is -2.25. The molecule has 5 nitrogen and oxygen atoms in total. The summed E-state index contributed by atoms with van der Waals surface area (Å²) in [6.45, 7) is 5.82. The number of amides is 2. The highest BCUT2D eigenvalue weighted by Crippen LogP contribution is 2.34. The Morgan fingerprint density at radius 1 is 1.39 bits per heavy atom. The molecule has 2 amide bonds. The average Bonchev–Trinajstić information content (AvgIpc) is 2.93. The summed E-state index contributed by atoms with van der Waals surface area (Å²) in [4.78, 5) is 22.2. The van der Waals surface area contributed by atoms with Crippen LogP contribution in [-0.2, 0) is 4.79 Å². The van der Waals surface area contributed by atoms with E-state index < -0.39 is 11.5 Å². The molecule has 0 bridgehead atoms. The van der Waals surface area contributed by atoms with Crippen LogP contribution in [-0.4, -0.2) is 28.7 Å². The summed E-state index contributed by atoms with van der Waals surface area (Å²) in [5, 5.41) is 14.4. The van der Waals surface area contributed by atoms with Crippen molar-refractivity contribution in [2.24, 2.45) is 5.92 Å². The van der Waals surface area contributed by atoms with E-state index in [4.69, 9.17) is 5.11 Å². The maximum atomic E-state index is 11.7. The molecule has 0 aromatic carbocycles. The lowest BCUT2D eigenvalue weighted by molar-refractivity contribution is -0.137. The molecular weight excluding hydrogens is 232 g/mol. The van der Waals surface area contributed by atoms with Gasteiger partial charge in [-0.1, -0.05) is 13.3 Å². The van der Waals surface area contributed by atoms with Crippen LogP contribution in [0.15, 0.2) is 0 Å². The van der Waals surface area contributed by atoms with Gasteiger partial charge in [0.1, 0.15) is 0 Å². The fourth-order valence-corrected chi connectivity index (χ4v) is 2.11. The van der Waals surface area contributed by atoms with E-state index in [2.05, 4.69) is 17.6 Å². The van der Waals surface area contributed by atoms with Crippen molar-refractivity contribution in [3.05, 3.63) is 0 Å². The number of hydrogen-bond donors (Lipinski definition) is 3. The van der Waals surface area contributed by atoms with Crippen molar-refractivity contribution in [2.45, 2.75) is 64.5 Å². The zero-order valence-corrected chi connectivity index (χ0v) is 11.5. The highest BCUT2D eigenvalue weighted by Gasteiger charge is 2.37. The second kappa shape index (κ2) is 6.07. The van der Waals surface area contributed by atoms with Gasteiger partial charge >= 0.3 is 12.0 Å². The second-order valence-electron chi connectivity index (χ2n) is 5.77. The van der Waals surface area contributed by atoms with E-state index in [-0.39, 0.29) is 12.5 Å². The van der Waals surface area contributed by atoms with Crippen molar-refractivity contribution in [3.8, 4) is 0 Å². The highest BCUT2D eigenvalue weighted by atomic mass is 16.4. The molecule has 0 radical (unpaired) electrons. The first-order valence-corrected chi connectivity index (χ1v) is 6.64. The van der Waals surface area contributed by atoms with E-state index >= 15 is 0 Å². The molecule has 0 saturated heterocycles. The van der Waals surface area contributed by atoms with E-state index in [9.17, 15) is 9.59 Å². The number of aliphatic carboxylic acids is 1. The molecule has 104 valence electrons. The maximum Gasteiger partial charge on any atom is 0.315 e. The molecule has 1 fully saturated rings. The van der Waals surface area contributed by atoms with Crippen LogP contribution in [0, 0.1) is 5.92 Å². The monoisotopic (exact) mass is 256 g/mol. The van der Waals surface area contributed by atoms with E-state index in [1.165, 1.54) is 0 Å². The minimum atomic E-state index is -0.838. The van der Waals surface area contributed by atoms with Crippen LogP contribution in [0.5, 0.6) is 0 Å². The molecule has 0 aliphatic heterocycles. The van der Waals surface area contributed by atoms with Gasteiger partial charge < -0.3 is 15.7 Å². The second-order valence-corrected chi connectivity index (χ2v) is 5.77. The zero-order chi connectivity index (χ0) is 13.8. The van der Waals surface area contributed by atoms with Crippen LogP contribution in [0.3, 0.4) is 0 Å². The first-order valence-electron chi connectivity index (χ1n) is 6.64. The maximum absolute atomic E-state index is 11.7. The third-order valence-corrected chi connectivity index (χ3v) is 3.31. The van der Waals surface area contributed by atoms with Crippen LogP contribution in [0.25, 0.3) is 0 Å². The van der Waals surface area contributed by atoms with Gasteiger partial charge in [0.25, 0.3) is 0 Å². The number of nitrogens with one attached hydrogen (secondary N) is 2. The molecule has 0 aromatic rings. The van der Waals surface area contributed by atoms with Crippen molar-refractivity contribution in [1.29, 1.82) is 0 Å². The molecule has 5 heteroatoms. The smallest absolute Gasteiger partial charge is 0.315 e. The Balaban J connectivity index is 2.25. The third kappa shape index (κ3) is 5.38. The molecule has 0 heterocycles. The first-order chi connectivity index (χ1) is 8.34. The molecule has 1 aliphatic rings. The molecule has 1 saturated carbocycles. The Morgan fingerprint density at radius 2 is 2.06 bits per heavy atom. The van der Waals surface area contributed by atoms with E-state index in [1.807, 2.05) is 13.8 Å². The summed E-state index contributed by atoms with van der Waals surface area (Å²) in [5.41, 5.74) is -0.488.